The number of carbonyl (C=O) groups excluding carboxylic acids is 3. The lowest BCUT2D eigenvalue weighted by Gasteiger charge is -2.29. The van der Waals surface area contributed by atoms with Crippen molar-refractivity contribution in [3.05, 3.63) is 34.9 Å². The lowest BCUT2D eigenvalue weighted by molar-refractivity contribution is -0.136. The van der Waals surface area contributed by atoms with Crippen LogP contribution in [0.25, 0.3) is 0 Å². The maximum absolute atomic E-state index is 13.2. The first kappa shape index (κ1) is 18.8. The van der Waals surface area contributed by atoms with Crippen LogP contribution >= 0.6 is 0 Å². The summed E-state index contributed by atoms with van der Waals surface area (Å²) in [5.41, 5.74) is 2.82. The average molecular weight is 396 g/mol. The molecule has 1 aromatic carbocycles. The Kier molecular flexibility index (Phi) is 4.87. The highest BCUT2D eigenvalue weighted by Gasteiger charge is 2.40. The molecule has 0 saturated carbocycles. The van der Waals surface area contributed by atoms with Gasteiger partial charge in [-0.1, -0.05) is 18.2 Å². The smallest absolute Gasteiger partial charge is 0.255 e. The minimum atomic E-state index is -0.550. The Morgan fingerprint density at radius 3 is 2.48 bits per heavy atom. The Morgan fingerprint density at radius 2 is 1.76 bits per heavy atom. The molecule has 0 aromatic heterocycles. The number of carbonyl (C=O) groups is 3. The minimum Gasteiger partial charge on any atom is -0.322 e. The van der Waals surface area contributed by atoms with Crippen molar-refractivity contribution in [2.45, 2.75) is 44.8 Å². The fraction of sp³-hybridized carbons (Fsp3) is 0.591. The molecular weight excluding hydrogens is 368 g/mol. The van der Waals surface area contributed by atoms with Crippen LogP contribution in [0.5, 0.6) is 0 Å². The molecule has 7 heteroatoms. The highest BCUT2D eigenvalue weighted by Crippen LogP contribution is 2.32. The maximum atomic E-state index is 13.2. The lowest BCUT2D eigenvalue weighted by atomic mass is 9.92. The minimum absolute atomic E-state index is 0.0685. The Hall–Kier alpha value is -2.25. The number of piperidine rings is 1. The highest BCUT2D eigenvalue weighted by atomic mass is 16.2. The van der Waals surface area contributed by atoms with Gasteiger partial charge in [0, 0.05) is 25.1 Å². The Morgan fingerprint density at radius 1 is 1.00 bits per heavy atom. The van der Waals surface area contributed by atoms with E-state index in [1.165, 1.54) is 12.8 Å². The van der Waals surface area contributed by atoms with Crippen LogP contribution in [0.4, 0.5) is 0 Å². The number of fused-ring (bicyclic) bond motifs is 2. The third-order valence-corrected chi connectivity index (χ3v) is 7.14. The molecule has 0 bridgehead atoms. The van der Waals surface area contributed by atoms with Crippen LogP contribution in [-0.2, 0) is 22.7 Å². The molecule has 1 unspecified atom stereocenters. The van der Waals surface area contributed by atoms with E-state index in [0.717, 1.165) is 61.2 Å². The van der Waals surface area contributed by atoms with Crippen LogP contribution in [0.2, 0.25) is 0 Å². The second-order valence-corrected chi connectivity index (χ2v) is 8.88. The molecule has 1 aromatic rings. The largest absolute Gasteiger partial charge is 0.322 e. The zero-order valence-corrected chi connectivity index (χ0v) is 16.7. The van der Waals surface area contributed by atoms with E-state index in [1.807, 2.05) is 12.1 Å². The van der Waals surface area contributed by atoms with Crippen LogP contribution in [0.3, 0.4) is 0 Å². The summed E-state index contributed by atoms with van der Waals surface area (Å²) >= 11 is 0. The predicted molar refractivity (Wildman–Crippen MR) is 107 cm³/mol. The van der Waals surface area contributed by atoms with Gasteiger partial charge in [-0.3, -0.25) is 24.6 Å². The third-order valence-electron chi connectivity index (χ3n) is 7.14. The van der Waals surface area contributed by atoms with Crippen LogP contribution in [-0.4, -0.2) is 59.7 Å². The van der Waals surface area contributed by atoms with Crippen molar-refractivity contribution >= 4 is 17.7 Å². The van der Waals surface area contributed by atoms with Crippen molar-refractivity contribution in [3.63, 3.8) is 0 Å². The number of nitrogens with one attached hydrogen (secondary N) is 2. The van der Waals surface area contributed by atoms with Gasteiger partial charge in [-0.25, -0.2) is 0 Å². The first-order chi connectivity index (χ1) is 14.1. The number of imide groups is 1. The lowest BCUT2D eigenvalue weighted by Crippen LogP contribution is -2.52. The van der Waals surface area contributed by atoms with E-state index >= 15 is 0 Å². The van der Waals surface area contributed by atoms with Crippen molar-refractivity contribution in [1.82, 2.24) is 20.4 Å². The molecule has 3 saturated heterocycles. The first-order valence-electron chi connectivity index (χ1n) is 10.8. The number of hydrogen-bond donors (Lipinski definition) is 2. The standard InChI is InChI=1S/C22H28N4O3/c27-19-5-4-18(21(28)24-19)26-13-17-3-1-2-16(20(17)22(26)29)12-25-8-6-14-10-23-11-15(14)7-9-25/h1-3,14-15,18,23H,4-13H2,(H,24,27,28)/t14-,15+,18?. The molecule has 3 amide bonds. The molecule has 29 heavy (non-hydrogen) atoms. The van der Waals surface area contributed by atoms with Crippen LogP contribution in [0, 0.1) is 11.8 Å². The maximum Gasteiger partial charge on any atom is 0.255 e. The quantitative estimate of drug-likeness (QED) is 0.742. The monoisotopic (exact) mass is 396 g/mol. The summed E-state index contributed by atoms with van der Waals surface area (Å²) < 4.78 is 0. The Balaban J connectivity index is 1.32. The molecule has 3 atom stereocenters. The molecule has 0 aliphatic carbocycles. The zero-order valence-electron chi connectivity index (χ0n) is 16.7. The number of benzene rings is 1. The summed E-state index contributed by atoms with van der Waals surface area (Å²) in [5.74, 6) is 0.895. The van der Waals surface area contributed by atoms with E-state index in [0.29, 0.717) is 13.0 Å². The van der Waals surface area contributed by atoms with Gasteiger partial charge in [-0.2, -0.15) is 0 Å². The van der Waals surface area contributed by atoms with Gasteiger partial charge < -0.3 is 10.2 Å². The SMILES string of the molecule is O=C1CCC(N2Cc3cccc(CN4CC[C@@H]5CNC[C@@H]5CC4)c3C2=O)C(=O)N1. The number of amides is 3. The van der Waals surface area contributed by atoms with Gasteiger partial charge in [-0.05, 0) is 68.4 Å². The van der Waals surface area contributed by atoms with Crippen LogP contribution in [0.15, 0.2) is 18.2 Å². The molecule has 0 radical (unpaired) electrons. The number of likely N-dealkylation sites (tertiary alicyclic amines) is 1. The van der Waals surface area contributed by atoms with Gasteiger partial charge in [0.15, 0.2) is 0 Å². The van der Waals surface area contributed by atoms with E-state index in [4.69, 9.17) is 0 Å². The van der Waals surface area contributed by atoms with Gasteiger partial charge >= 0.3 is 0 Å². The van der Waals surface area contributed by atoms with Crippen molar-refractivity contribution < 1.29 is 14.4 Å². The molecule has 0 spiro atoms. The summed E-state index contributed by atoms with van der Waals surface area (Å²) in [5, 5.41) is 5.89. The van der Waals surface area contributed by atoms with Crippen molar-refractivity contribution in [3.8, 4) is 0 Å². The number of hydrogen-bond acceptors (Lipinski definition) is 5. The van der Waals surface area contributed by atoms with Gasteiger partial charge in [-0.15, -0.1) is 0 Å². The molecule has 5 rings (SSSR count). The van der Waals surface area contributed by atoms with Gasteiger partial charge in [0.2, 0.25) is 11.8 Å². The van der Waals surface area contributed by atoms with E-state index in [9.17, 15) is 14.4 Å². The molecule has 154 valence electrons. The van der Waals surface area contributed by atoms with Gasteiger partial charge in [0.25, 0.3) is 5.91 Å². The van der Waals surface area contributed by atoms with Crippen molar-refractivity contribution in [2.75, 3.05) is 26.2 Å². The summed E-state index contributed by atoms with van der Waals surface area (Å²) in [6.07, 6.45) is 3.11. The molecule has 2 N–H and O–H groups in total. The predicted octanol–water partition coefficient (Wildman–Crippen LogP) is 0.879. The molecular formula is C22H28N4O3. The molecule has 7 nitrogen and oxygen atoms in total. The van der Waals surface area contributed by atoms with E-state index < -0.39 is 6.04 Å². The Labute approximate surface area is 170 Å². The van der Waals surface area contributed by atoms with Crippen molar-refractivity contribution in [1.29, 1.82) is 0 Å². The number of nitrogens with zero attached hydrogens (tertiary/aromatic N) is 2. The van der Waals surface area contributed by atoms with E-state index in [1.54, 1.807) is 4.90 Å². The zero-order chi connectivity index (χ0) is 20.0. The average Bonchev–Trinajstić information content (AvgIpc) is 3.23. The molecule has 4 aliphatic heterocycles. The fourth-order valence-electron chi connectivity index (χ4n) is 5.49. The highest BCUT2D eigenvalue weighted by molar-refractivity contribution is 6.05. The molecule has 4 aliphatic rings. The summed E-state index contributed by atoms with van der Waals surface area (Å²) in [6, 6.07) is 5.51. The van der Waals surface area contributed by atoms with E-state index in [-0.39, 0.29) is 24.1 Å². The fourth-order valence-corrected chi connectivity index (χ4v) is 5.49. The second-order valence-electron chi connectivity index (χ2n) is 8.88. The van der Waals surface area contributed by atoms with Gasteiger partial charge in [0.1, 0.15) is 6.04 Å². The molecule has 3 fully saturated rings. The molecule has 4 heterocycles. The third kappa shape index (κ3) is 3.46. The van der Waals surface area contributed by atoms with Gasteiger partial charge in [0.05, 0.1) is 0 Å². The van der Waals surface area contributed by atoms with Crippen molar-refractivity contribution in [2.24, 2.45) is 11.8 Å². The van der Waals surface area contributed by atoms with Crippen LogP contribution in [0.1, 0.15) is 47.2 Å². The summed E-state index contributed by atoms with van der Waals surface area (Å²) in [6.45, 7) is 5.64. The first-order valence-corrected chi connectivity index (χ1v) is 10.8. The second kappa shape index (κ2) is 7.54. The normalized spacial score (nSPS) is 30.1. The number of rotatable bonds is 3. The summed E-state index contributed by atoms with van der Waals surface area (Å²) in [7, 11) is 0. The summed E-state index contributed by atoms with van der Waals surface area (Å²) in [4.78, 5) is 41.1. The topological polar surface area (TPSA) is 81.8 Å². The Bertz CT molecular complexity index is 840. The van der Waals surface area contributed by atoms with Crippen LogP contribution < -0.4 is 10.6 Å². The van der Waals surface area contributed by atoms with E-state index in [2.05, 4.69) is 21.6 Å².